The Morgan fingerprint density at radius 2 is 1.58 bits per heavy atom. The Hall–Kier alpha value is -3.27. The van der Waals surface area contributed by atoms with E-state index in [0.717, 1.165) is 19.6 Å². The molecule has 0 saturated carbocycles. The molecule has 3 heterocycles. The highest BCUT2D eigenvalue weighted by Crippen LogP contribution is 2.36. The fourth-order valence-corrected chi connectivity index (χ4v) is 4.28. The third-order valence-electron chi connectivity index (χ3n) is 6.03. The Morgan fingerprint density at radius 1 is 1.00 bits per heavy atom. The first-order chi connectivity index (χ1) is 15.0. The average molecular weight is 426 g/mol. The molecule has 2 saturated heterocycles. The number of hydrogen-bond acceptors (Lipinski definition) is 8. The standard InChI is InChI=1S/C21H26N6O4/c28-21(29)17-6-8-25(9-7-17)19-18(27(30)31)20(23-15-22-19)26-12-10-24(11-13-26)14-16-4-2-1-3-5-16/h1-5,15,17H,6-14H2,(H,28,29). The quantitative estimate of drug-likeness (QED) is 0.547. The van der Waals surface area contributed by atoms with Crippen molar-refractivity contribution in [1.29, 1.82) is 0 Å². The van der Waals surface area contributed by atoms with Crippen LogP contribution in [0.15, 0.2) is 36.7 Å². The second kappa shape index (κ2) is 9.25. The molecule has 2 aromatic rings. The summed E-state index contributed by atoms with van der Waals surface area (Å²) in [5, 5.41) is 21.2. The number of carbonyl (C=O) groups is 1. The van der Waals surface area contributed by atoms with Crippen LogP contribution in [-0.4, -0.2) is 70.1 Å². The van der Waals surface area contributed by atoms with Crippen molar-refractivity contribution in [2.45, 2.75) is 19.4 Å². The first kappa shape index (κ1) is 21.0. The Labute approximate surface area is 180 Å². The second-order valence-electron chi connectivity index (χ2n) is 7.97. The van der Waals surface area contributed by atoms with Crippen molar-refractivity contribution in [1.82, 2.24) is 14.9 Å². The maximum Gasteiger partial charge on any atom is 0.353 e. The monoisotopic (exact) mass is 426 g/mol. The van der Waals surface area contributed by atoms with Crippen LogP contribution >= 0.6 is 0 Å². The number of nitro groups is 1. The number of hydrogen-bond donors (Lipinski definition) is 1. The SMILES string of the molecule is O=C(O)C1CCN(c2ncnc(N3CCN(Cc4ccccc4)CC3)c2[N+](=O)[O-])CC1. The van der Waals surface area contributed by atoms with Crippen LogP contribution in [0.25, 0.3) is 0 Å². The van der Waals surface area contributed by atoms with E-state index in [2.05, 4.69) is 27.0 Å². The molecular formula is C21H26N6O4. The summed E-state index contributed by atoms with van der Waals surface area (Å²) in [6.07, 6.45) is 2.27. The van der Waals surface area contributed by atoms with Gasteiger partial charge in [0.2, 0.25) is 11.6 Å². The molecule has 2 aliphatic rings. The van der Waals surface area contributed by atoms with Crippen molar-refractivity contribution < 1.29 is 14.8 Å². The molecule has 1 N–H and O–H groups in total. The van der Waals surface area contributed by atoms with Crippen LogP contribution in [0.2, 0.25) is 0 Å². The molecule has 2 aliphatic heterocycles. The van der Waals surface area contributed by atoms with E-state index in [0.29, 0.717) is 44.8 Å². The zero-order chi connectivity index (χ0) is 21.8. The van der Waals surface area contributed by atoms with Crippen LogP contribution in [0, 0.1) is 16.0 Å². The molecule has 0 unspecified atom stereocenters. The lowest BCUT2D eigenvalue weighted by Crippen LogP contribution is -2.46. The smallest absolute Gasteiger partial charge is 0.353 e. The van der Waals surface area contributed by atoms with Crippen molar-refractivity contribution in [3.05, 3.63) is 52.3 Å². The molecule has 0 spiro atoms. The summed E-state index contributed by atoms with van der Waals surface area (Å²) in [5.74, 6) is -0.597. The molecule has 0 aliphatic carbocycles. The van der Waals surface area contributed by atoms with Gasteiger partial charge in [-0.15, -0.1) is 0 Å². The Balaban J connectivity index is 1.47. The number of piperidine rings is 1. The fourth-order valence-electron chi connectivity index (χ4n) is 4.28. The lowest BCUT2D eigenvalue weighted by Gasteiger charge is -2.36. The number of anilines is 2. The van der Waals surface area contributed by atoms with Gasteiger partial charge in [0.15, 0.2) is 0 Å². The largest absolute Gasteiger partial charge is 0.481 e. The molecule has 0 atom stereocenters. The number of nitrogens with zero attached hydrogens (tertiary/aromatic N) is 6. The zero-order valence-corrected chi connectivity index (χ0v) is 17.3. The number of aromatic nitrogens is 2. The van der Waals surface area contributed by atoms with Crippen molar-refractivity contribution in [2.24, 2.45) is 5.92 Å². The molecule has 1 aromatic carbocycles. The van der Waals surface area contributed by atoms with Crippen molar-refractivity contribution in [2.75, 3.05) is 49.1 Å². The number of rotatable bonds is 6. The minimum atomic E-state index is -0.814. The lowest BCUT2D eigenvalue weighted by molar-refractivity contribution is -0.383. The summed E-state index contributed by atoms with van der Waals surface area (Å²) in [6.45, 7) is 4.57. The van der Waals surface area contributed by atoms with E-state index in [-0.39, 0.29) is 11.5 Å². The van der Waals surface area contributed by atoms with Gasteiger partial charge in [0, 0.05) is 45.8 Å². The van der Waals surface area contributed by atoms with Gasteiger partial charge in [0.05, 0.1) is 10.8 Å². The number of piperazine rings is 1. The third kappa shape index (κ3) is 4.74. The zero-order valence-electron chi connectivity index (χ0n) is 17.3. The third-order valence-corrected chi connectivity index (χ3v) is 6.03. The number of benzene rings is 1. The van der Waals surface area contributed by atoms with Crippen LogP contribution in [0.5, 0.6) is 0 Å². The molecule has 31 heavy (non-hydrogen) atoms. The van der Waals surface area contributed by atoms with Gasteiger partial charge in [-0.05, 0) is 18.4 Å². The van der Waals surface area contributed by atoms with E-state index >= 15 is 0 Å². The predicted molar refractivity (Wildman–Crippen MR) is 115 cm³/mol. The van der Waals surface area contributed by atoms with E-state index in [1.54, 1.807) is 0 Å². The lowest BCUT2D eigenvalue weighted by atomic mass is 9.97. The number of carboxylic acids is 1. The van der Waals surface area contributed by atoms with E-state index in [4.69, 9.17) is 0 Å². The van der Waals surface area contributed by atoms with E-state index in [1.165, 1.54) is 11.9 Å². The molecule has 1 aromatic heterocycles. The summed E-state index contributed by atoms with van der Waals surface area (Å²) in [6, 6.07) is 10.2. The number of aliphatic carboxylic acids is 1. The summed E-state index contributed by atoms with van der Waals surface area (Å²) >= 11 is 0. The van der Waals surface area contributed by atoms with Crippen LogP contribution in [0.4, 0.5) is 17.3 Å². The summed E-state index contributed by atoms with van der Waals surface area (Å²) in [4.78, 5) is 37.3. The van der Waals surface area contributed by atoms with Crippen LogP contribution in [-0.2, 0) is 11.3 Å². The van der Waals surface area contributed by atoms with Gasteiger partial charge in [-0.3, -0.25) is 19.8 Å². The Kier molecular flexibility index (Phi) is 6.26. The Bertz CT molecular complexity index is 925. The van der Waals surface area contributed by atoms with E-state index in [1.807, 2.05) is 28.0 Å². The molecular weight excluding hydrogens is 400 g/mol. The normalized spacial score (nSPS) is 18.2. The van der Waals surface area contributed by atoms with Crippen molar-refractivity contribution in [3.63, 3.8) is 0 Å². The van der Waals surface area contributed by atoms with Gasteiger partial charge in [-0.1, -0.05) is 30.3 Å². The van der Waals surface area contributed by atoms with E-state index in [9.17, 15) is 20.0 Å². The highest BCUT2D eigenvalue weighted by atomic mass is 16.6. The van der Waals surface area contributed by atoms with Gasteiger partial charge in [-0.2, -0.15) is 0 Å². The van der Waals surface area contributed by atoms with Crippen LogP contribution in [0.1, 0.15) is 18.4 Å². The summed E-state index contributed by atoms with van der Waals surface area (Å²) in [5.41, 5.74) is 1.16. The van der Waals surface area contributed by atoms with Gasteiger partial charge in [-0.25, -0.2) is 9.97 Å². The molecule has 2 fully saturated rings. The van der Waals surface area contributed by atoms with E-state index < -0.39 is 16.8 Å². The number of carboxylic acid groups (broad SMARTS) is 1. The minimum Gasteiger partial charge on any atom is -0.481 e. The van der Waals surface area contributed by atoms with Gasteiger partial charge in [0.25, 0.3) is 0 Å². The molecule has 0 bridgehead atoms. The maximum absolute atomic E-state index is 12.0. The summed E-state index contributed by atoms with van der Waals surface area (Å²) in [7, 11) is 0. The highest BCUT2D eigenvalue weighted by molar-refractivity contribution is 5.73. The average Bonchev–Trinajstić information content (AvgIpc) is 2.80. The first-order valence-corrected chi connectivity index (χ1v) is 10.5. The van der Waals surface area contributed by atoms with Crippen molar-refractivity contribution in [3.8, 4) is 0 Å². The van der Waals surface area contributed by atoms with Crippen LogP contribution in [0.3, 0.4) is 0 Å². The molecule has 164 valence electrons. The second-order valence-corrected chi connectivity index (χ2v) is 7.97. The van der Waals surface area contributed by atoms with Gasteiger partial charge in [0.1, 0.15) is 6.33 Å². The van der Waals surface area contributed by atoms with Gasteiger partial charge >= 0.3 is 11.7 Å². The van der Waals surface area contributed by atoms with Gasteiger partial charge < -0.3 is 14.9 Å². The van der Waals surface area contributed by atoms with Crippen LogP contribution < -0.4 is 9.80 Å². The maximum atomic E-state index is 12.0. The predicted octanol–water partition coefficient (Wildman–Crippen LogP) is 2.01. The highest BCUT2D eigenvalue weighted by Gasteiger charge is 2.34. The minimum absolute atomic E-state index is 0.0900. The fraction of sp³-hybridized carbons (Fsp3) is 0.476. The topological polar surface area (TPSA) is 116 Å². The molecule has 10 heteroatoms. The molecule has 4 rings (SSSR count). The Morgan fingerprint density at radius 3 is 2.13 bits per heavy atom. The first-order valence-electron chi connectivity index (χ1n) is 10.5. The molecule has 0 amide bonds. The van der Waals surface area contributed by atoms with Crippen molar-refractivity contribution >= 4 is 23.3 Å². The molecule has 0 radical (unpaired) electrons. The summed E-state index contributed by atoms with van der Waals surface area (Å²) < 4.78 is 0. The molecule has 10 nitrogen and oxygen atoms in total.